The van der Waals surface area contributed by atoms with Gasteiger partial charge in [0.2, 0.25) is 5.41 Å². The molecule has 0 fully saturated rings. The van der Waals surface area contributed by atoms with E-state index in [1.165, 1.54) is 0 Å². The summed E-state index contributed by atoms with van der Waals surface area (Å²) in [4.78, 5) is 12.3. The molecule has 0 spiro atoms. The van der Waals surface area contributed by atoms with Gasteiger partial charge in [0.15, 0.2) is 5.41 Å². The Morgan fingerprint density at radius 2 is 1.38 bits per heavy atom. The summed E-state index contributed by atoms with van der Waals surface area (Å²) in [5, 5.41) is 41.5. The second kappa shape index (κ2) is 8.77. The van der Waals surface area contributed by atoms with Crippen LogP contribution in [-0.2, 0) is 9.53 Å². The highest BCUT2D eigenvalue weighted by Gasteiger charge is 2.65. The van der Waals surface area contributed by atoms with E-state index in [2.05, 4.69) is 12.1 Å². The smallest absolute Gasteiger partial charge is 0.310 e. The molecule has 0 N–H and O–H groups in total. The largest absolute Gasteiger partial charge is 0.428 e. The van der Waals surface area contributed by atoms with Crippen molar-refractivity contribution in [1.82, 2.24) is 0 Å². The predicted octanol–water partition coefficient (Wildman–Crippen LogP) is 4.86. The fraction of sp³-hybridized carbons (Fsp3) is 0.269. The Bertz CT molecular complexity index is 1190. The third-order valence-corrected chi connectivity index (χ3v) is 5.99. The first-order valence-corrected chi connectivity index (χ1v) is 10.1. The summed E-state index contributed by atoms with van der Waals surface area (Å²) in [7, 11) is 0. The van der Waals surface area contributed by atoms with E-state index in [0.29, 0.717) is 16.7 Å². The number of carbonyl (C=O) groups excluding carboxylic acids is 1. The summed E-state index contributed by atoms with van der Waals surface area (Å²) in [6.45, 7) is 3.23. The van der Waals surface area contributed by atoms with Crippen LogP contribution in [0.5, 0.6) is 0 Å². The Kier molecular flexibility index (Phi) is 6.11. The summed E-state index contributed by atoms with van der Waals surface area (Å²) >= 11 is 0. The Labute approximate surface area is 187 Å². The molecule has 3 rings (SSSR count). The van der Waals surface area contributed by atoms with Gasteiger partial charge in [0.05, 0.1) is 30.2 Å². The second-order valence-electron chi connectivity index (χ2n) is 7.65. The standard InChI is InChI=1S/C26H20N4O2/c1-3-21(31)32-24-18(2)22(19-10-6-4-7-11-19)25(14-27,15-28)23(26(24,16-29)17-30)20-12-8-5-9-13-20/h4-13,22-23H,3H2,1-2H3. The average Bonchev–Trinajstić information content (AvgIpc) is 2.85. The van der Waals surface area contributed by atoms with Crippen molar-refractivity contribution in [3.63, 3.8) is 0 Å². The summed E-state index contributed by atoms with van der Waals surface area (Å²) in [6.07, 6.45) is 0.0391. The van der Waals surface area contributed by atoms with Crippen LogP contribution < -0.4 is 0 Å². The SMILES string of the molecule is CCC(=O)OC1=C(C)C(c2ccccc2)C(C#N)(C#N)C(c2ccccc2)C1(C#N)C#N. The molecule has 0 amide bonds. The van der Waals surface area contributed by atoms with Crippen molar-refractivity contribution in [2.75, 3.05) is 0 Å². The molecule has 0 saturated heterocycles. The van der Waals surface area contributed by atoms with E-state index in [0.717, 1.165) is 0 Å². The fourth-order valence-corrected chi connectivity index (χ4v) is 4.63. The molecule has 32 heavy (non-hydrogen) atoms. The van der Waals surface area contributed by atoms with E-state index in [1.54, 1.807) is 68.4 Å². The summed E-state index contributed by atoms with van der Waals surface area (Å²) in [5.74, 6) is -2.71. The zero-order valence-electron chi connectivity index (χ0n) is 17.7. The zero-order valence-corrected chi connectivity index (χ0v) is 17.7. The predicted molar refractivity (Wildman–Crippen MR) is 115 cm³/mol. The normalized spacial score (nSPS) is 20.7. The highest BCUT2D eigenvalue weighted by Crippen LogP contribution is 2.63. The van der Waals surface area contributed by atoms with Crippen molar-refractivity contribution in [1.29, 1.82) is 21.0 Å². The topological polar surface area (TPSA) is 121 Å². The number of nitriles is 4. The Hall–Kier alpha value is -4.39. The minimum atomic E-state index is -2.05. The van der Waals surface area contributed by atoms with E-state index >= 15 is 0 Å². The average molecular weight is 420 g/mol. The van der Waals surface area contributed by atoms with Gasteiger partial charge in [-0.2, -0.15) is 21.0 Å². The van der Waals surface area contributed by atoms with Crippen LogP contribution in [0.1, 0.15) is 43.2 Å². The summed E-state index contributed by atoms with van der Waals surface area (Å²) < 4.78 is 5.61. The van der Waals surface area contributed by atoms with Crippen LogP contribution in [0.25, 0.3) is 0 Å². The van der Waals surface area contributed by atoms with E-state index in [9.17, 15) is 25.8 Å². The number of allylic oxidation sites excluding steroid dienone is 2. The van der Waals surface area contributed by atoms with Crippen molar-refractivity contribution in [2.45, 2.75) is 32.1 Å². The lowest BCUT2D eigenvalue weighted by molar-refractivity contribution is -0.140. The first-order valence-electron chi connectivity index (χ1n) is 10.1. The number of carbonyl (C=O) groups is 1. The van der Waals surface area contributed by atoms with Gasteiger partial charge in [-0.3, -0.25) is 4.79 Å². The molecule has 0 bridgehead atoms. The maximum Gasteiger partial charge on any atom is 0.310 e. The summed E-state index contributed by atoms with van der Waals surface area (Å²) in [6, 6.07) is 25.9. The quantitative estimate of drug-likeness (QED) is 0.651. The number of nitrogens with zero attached hydrogens (tertiary/aromatic N) is 4. The highest BCUT2D eigenvalue weighted by molar-refractivity contribution is 5.71. The van der Waals surface area contributed by atoms with Gasteiger partial charge < -0.3 is 4.74 Å². The molecule has 1 aliphatic rings. The minimum absolute atomic E-state index is 0.0391. The maximum atomic E-state index is 12.3. The van der Waals surface area contributed by atoms with Gasteiger partial charge in [-0.25, -0.2) is 0 Å². The number of ether oxygens (including phenoxy) is 1. The van der Waals surface area contributed by atoms with Crippen LogP contribution in [-0.4, -0.2) is 5.97 Å². The van der Waals surface area contributed by atoms with Crippen LogP contribution in [0.4, 0.5) is 0 Å². The van der Waals surface area contributed by atoms with Gasteiger partial charge in [-0.15, -0.1) is 0 Å². The lowest BCUT2D eigenvalue weighted by Crippen LogP contribution is -2.48. The van der Waals surface area contributed by atoms with Gasteiger partial charge in [-0.05, 0) is 23.6 Å². The third kappa shape index (κ3) is 3.20. The molecule has 6 heteroatoms. The van der Waals surface area contributed by atoms with Crippen molar-refractivity contribution in [2.24, 2.45) is 10.8 Å². The minimum Gasteiger partial charge on any atom is -0.428 e. The molecule has 1 aliphatic carbocycles. The molecule has 2 aromatic rings. The molecule has 0 aliphatic heterocycles. The highest BCUT2D eigenvalue weighted by atomic mass is 16.5. The number of hydrogen-bond donors (Lipinski definition) is 0. The van der Waals surface area contributed by atoms with Gasteiger partial charge in [-0.1, -0.05) is 67.6 Å². The number of rotatable bonds is 4. The van der Waals surface area contributed by atoms with Crippen LogP contribution in [0, 0.1) is 56.2 Å². The molecule has 0 aromatic heterocycles. The van der Waals surface area contributed by atoms with Crippen molar-refractivity contribution in [3.8, 4) is 24.3 Å². The van der Waals surface area contributed by atoms with E-state index in [1.807, 2.05) is 18.2 Å². The molecular formula is C26H20N4O2. The van der Waals surface area contributed by atoms with Crippen molar-refractivity contribution < 1.29 is 9.53 Å². The van der Waals surface area contributed by atoms with Gasteiger partial charge in [0.1, 0.15) is 5.76 Å². The molecule has 2 aromatic carbocycles. The molecule has 0 radical (unpaired) electrons. The number of hydrogen-bond acceptors (Lipinski definition) is 6. The van der Waals surface area contributed by atoms with Crippen LogP contribution in [0.15, 0.2) is 72.0 Å². The Morgan fingerprint density at radius 1 is 0.875 bits per heavy atom. The molecule has 156 valence electrons. The molecule has 0 heterocycles. The monoisotopic (exact) mass is 420 g/mol. The molecule has 2 unspecified atom stereocenters. The van der Waals surface area contributed by atoms with Crippen LogP contribution in [0.3, 0.4) is 0 Å². The zero-order chi connectivity index (χ0) is 23.4. The lowest BCUT2D eigenvalue weighted by Gasteiger charge is -2.47. The Balaban J connectivity index is 2.51. The molecule has 6 nitrogen and oxygen atoms in total. The van der Waals surface area contributed by atoms with Crippen molar-refractivity contribution in [3.05, 3.63) is 83.1 Å². The second-order valence-corrected chi connectivity index (χ2v) is 7.65. The van der Waals surface area contributed by atoms with E-state index in [4.69, 9.17) is 4.74 Å². The van der Waals surface area contributed by atoms with Crippen LogP contribution >= 0.6 is 0 Å². The first kappa shape index (κ1) is 22.3. The first-order chi connectivity index (χ1) is 15.5. The third-order valence-electron chi connectivity index (χ3n) is 5.99. The van der Waals surface area contributed by atoms with Gasteiger partial charge >= 0.3 is 5.97 Å². The number of benzene rings is 2. The molecular weight excluding hydrogens is 400 g/mol. The lowest BCUT2D eigenvalue weighted by atomic mass is 9.49. The van der Waals surface area contributed by atoms with E-state index < -0.39 is 28.6 Å². The summed E-state index contributed by atoms with van der Waals surface area (Å²) in [5.41, 5.74) is -2.38. The molecule has 0 saturated carbocycles. The van der Waals surface area contributed by atoms with Gasteiger partial charge in [0.25, 0.3) is 0 Å². The molecule has 2 atom stereocenters. The van der Waals surface area contributed by atoms with Crippen LogP contribution in [0.2, 0.25) is 0 Å². The van der Waals surface area contributed by atoms with Gasteiger partial charge in [0, 0.05) is 12.3 Å². The maximum absolute atomic E-state index is 12.3. The van der Waals surface area contributed by atoms with Crippen molar-refractivity contribution >= 4 is 5.97 Å². The van der Waals surface area contributed by atoms with E-state index in [-0.39, 0.29) is 12.2 Å². The number of esters is 1. The fourth-order valence-electron chi connectivity index (χ4n) is 4.63. The Morgan fingerprint density at radius 3 is 1.81 bits per heavy atom.